The molecule has 0 bridgehead atoms. The number of guanidine groups is 1. The van der Waals surface area contributed by atoms with Gasteiger partial charge < -0.3 is 42.6 Å². The SMILES string of the molecule is [2H]c1c([2H])c([2H])c(C([2H])([2H])[C@]([2H])(CC(=O)OC(C)(C)C)C(=O)N[C@H](CCCN=C(N)N)C(=O)C[C@@H](Cc2ccccc2)C(=O)N[C@@H](CCCCNC(=O)OCc2ccccc2)C(N)=O)c([2H])c1[2H]. The second kappa shape index (κ2) is 25.3. The lowest BCUT2D eigenvalue weighted by Gasteiger charge is -2.26. The Hall–Kier alpha value is -6.25. The van der Waals surface area contributed by atoms with Crippen LogP contribution in [0.5, 0.6) is 0 Å². The number of hydrogen-bond acceptors (Lipinski definition) is 9. The number of aliphatic imine (C=N–C) groups is 1. The molecule has 15 heteroatoms. The zero-order valence-electron chi connectivity index (χ0n) is 42.2. The van der Waals surface area contributed by atoms with Crippen molar-refractivity contribution in [3.8, 4) is 0 Å². The molecule has 3 rings (SSSR count). The van der Waals surface area contributed by atoms with E-state index in [0.717, 1.165) is 5.56 Å². The molecular formula is C45H61N7O8. The van der Waals surface area contributed by atoms with Crippen molar-refractivity contribution in [3.63, 3.8) is 0 Å². The van der Waals surface area contributed by atoms with Crippen LogP contribution in [0.15, 0.2) is 95.9 Å². The van der Waals surface area contributed by atoms with E-state index in [4.69, 9.17) is 36.3 Å². The number of unbranched alkanes of at least 4 members (excludes halogenated alkanes) is 1. The van der Waals surface area contributed by atoms with E-state index in [2.05, 4.69) is 20.9 Å². The van der Waals surface area contributed by atoms with E-state index in [1.54, 1.807) is 42.5 Å². The highest BCUT2D eigenvalue weighted by molar-refractivity contribution is 5.95. The Balaban J connectivity index is 1.94. The number of amides is 4. The Morgan fingerprint density at radius 3 is 2.02 bits per heavy atom. The number of nitrogens with one attached hydrogen (secondary N) is 3. The third kappa shape index (κ3) is 19.5. The maximum absolute atomic E-state index is 14.5. The zero-order valence-corrected chi connectivity index (χ0v) is 34.2. The normalized spacial score (nSPS) is 15.7. The summed E-state index contributed by atoms with van der Waals surface area (Å²) in [6.07, 6.45) is -5.61. The number of carbonyl (C=O) groups is 6. The quantitative estimate of drug-likeness (QED) is 0.0310. The summed E-state index contributed by atoms with van der Waals surface area (Å²) in [5.74, 6) is -10.1. The minimum Gasteiger partial charge on any atom is -0.460 e. The lowest BCUT2D eigenvalue weighted by atomic mass is 9.89. The van der Waals surface area contributed by atoms with Gasteiger partial charge in [0.25, 0.3) is 0 Å². The number of ether oxygens (including phenoxy) is 2. The number of primary amides is 1. The molecule has 4 atom stereocenters. The van der Waals surface area contributed by atoms with E-state index >= 15 is 0 Å². The van der Waals surface area contributed by atoms with Gasteiger partial charge in [-0.25, -0.2) is 4.79 Å². The Morgan fingerprint density at radius 1 is 0.783 bits per heavy atom. The second-order valence-corrected chi connectivity index (χ2v) is 14.8. The maximum Gasteiger partial charge on any atom is 0.407 e. The largest absolute Gasteiger partial charge is 0.460 e. The van der Waals surface area contributed by atoms with Gasteiger partial charge in [-0.3, -0.25) is 29.0 Å². The van der Waals surface area contributed by atoms with Gasteiger partial charge >= 0.3 is 12.1 Å². The number of benzene rings is 3. The van der Waals surface area contributed by atoms with Gasteiger partial charge in [-0.15, -0.1) is 0 Å². The van der Waals surface area contributed by atoms with Gasteiger partial charge in [0.1, 0.15) is 18.2 Å². The molecule has 3 aromatic carbocycles. The highest BCUT2D eigenvalue weighted by atomic mass is 16.6. The Bertz CT molecular complexity index is 2250. The maximum atomic E-state index is 14.5. The summed E-state index contributed by atoms with van der Waals surface area (Å²) in [7, 11) is 0. The van der Waals surface area contributed by atoms with E-state index < -0.39 is 120 Å². The van der Waals surface area contributed by atoms with Crippen LogP contribution in [0.25, 0.3) is 0 Å². The monoisotopic (exact) mass is 836 g/mol. The lowest BCUT2D eigenvalue weighted by molar-refractivity contribution is -0.157. The number of nitrogens with zero attached hydrogens (tertiary/aromatic N) is 1. The van der Waals surface area contributed by atoms with Gasteiger partial charge in [0.2, 0.25) is 17.7 Å². The molecule has 0 saturated heterocycles. The zero-order chi connectivity index (χ0) is 51.0. The highest BCUT2D eigenvalue weighted by Crippen LogP contribution is 2.20. The smallest absolute Gasteiger partial charge is 0.407 e. The van der Waals surface area contributed by atoms with Gasteiger partial charge in [0.05, 0.1) is 25.2 Å². The topological polar surface area (TPSA) is 247 Å². The number of ketones is 1. The molecule has 0 aliphatic heterocycles. The number of rotatable bonds is 25. The van der Waals surface area contributed by atoms with Crippen molar-refractivity contribution in [2.75, 3.05) is 13.1 Å². The summed E-state index contributed by atoms with van der Waals surface area (Å²) < 4.78 is 79.4. The van der Waals surface area contributed by atoms with Crippen molar-refractivity contribution < 1.29 is 49.2 Å². The van der Waals surface area contributed by atoms with Crippen molar-refractivity contribution in [1.29, 1.82) is 0 Å². The van der Waals surface area contributed by atoms with Crippen LogP contribution in [0.2, 0.25) is 0 Å². The van der Waals surface area contributed by atoms with Crippen LogP contribution < -0.4 is 33.2 Å². The first-order valence-corrected chi connectivity index (χ1v) is 19.6. The average molecular weight is 836 g/mol. The number of carbonyl (C=O) groups excluding carboxylic acids is 6. The molecule has 0 unspecified atom stereocenters. The number of nitrogens with two attached hydrogens (primary N) is 3. The first kappa shape index (κ1) is 36.8. The fourth-order valence-corrected chi connectivity index (χ4v) is 5.78. The molecule has 324 valence electrons. The van der Waals surface area contributed by atoms with Crippen LogP contribution in [0, 0.1) is 11.8 Å². The van der Waals surface area contributed by atoms with Gasteiger partial charge in [0, 0.05) is 29.5 Å². The lowest BCUT2D eigenvalue weighted by Crippen LogP contribution is -2.49. The molecule has 0 saturated carbocycles. The van der Waals surface area contributed by atoms with Gasteiger partial charge in [-0.05, 0) is 82.4 Å². The van der Waals surface area contributed by atoms with Crippen LogP contribution in [0.4, 0.5) is 4.79 Å². The molecule has 15 nitrogen and oxygen atoms in total. The van der Waals surface area contributed by atoms with Crippen LogP contribution in [-0.2, 0) is 52.8 Å². The molecule has 0 aliphatic rings. The van der Waals surface area contributed by atoms with E-state index in [1.807, 2.05) is 18.2 Å². The molecule has 3 aromatic rings. The molecule has 0 fully saturated rings. The summed E-state index contributed by atoms with van der Waals surface area (Å²) in [6.45, 7) is 4.64. The van der Waals surface area contributed by atoms with E-state index in [-0.39, 0.29) is 51.3 Å². The van der Waals surface area contributed by atoms with Crippen LogP contribution >= 0.6 is 0 Å². The highest BCUT2D eigenvalue weighted by Gasteiger charge is 2.32. The van der Waals surface area contributed by atoms with Crippen molar-refractivity contribution in [1.82, 2.24) is 16.0 Å². The molecule has 0 aliphatic carbocycles. The Labute approximate surface area is 363 Å². The molecule has 0 radical (unpaired) electrons. The number of esters is 1. The van der Waals surface area contributed by atoms with Crippen LogP contribution in [0.1, 0.15) is 93.4 Å². The van der Waals surface area contributed by atoms with Crippen molar-refractivity contribution >= 4 is 41.5 Å². The minimum absolute atomic E-state index is 0.0144. The van der Waals surface area contributed by atoms with Crippen molar-refractivity contribution in [3.05, 3.63) is 108 Å². The average Bonchev–Trinajstić information content (AvgIpc) is 3.26. The number of hydrogen-bond donors (Lipinski definition) is 6. The molecule has 0 heterocycles. The first-order valence-electron chi connectivity index (χ1n) is 23.6. The fraction of sp³-hybridized carbons (Fsp3) is 0.444. The Kier molecular flexibility index (Phi) is 15.5. The fourth-order valence-electron chi connectivity index (χ4n) is 5.78. The molecule has 9 N–H and O–H groups in total. The standard InChI is InChI=1S/C45H61N7O8/c1-45(2,3)60-39(54)29-35(27-32-18-9-5-10-19-32)42(57)51-36(23-15-25-49-43(47)48)38(53)28-34(26-31-16-7-4-8-17-31)41(56)52-37(40(46)55)22-13-14-24-50-44(58)59-30-33-20-11-6-12-21-33/h4-12,16-21,34-37H,13-15,22-30H2,1-3H3,(H2,46,55)(H,50,58)(H,51,57)(H,52,56)(H4,47,48,49)/t34-,35-,36-,37+/m1/s1/i5D,9D,10D,18D,19D,27D2,35D. The summed E-state index contributed by atoms with van der Waals surface area (Å²) in [6, 6.07) is 9.88. The predicted molar refractivity (Wildman–Crippen MR) is 229 cm³/mol. The van der Waals surface area contributed by atoms with Gasteiger partial charge in [0.15, 0.2) is 11.7 Å². The molecule has 4 amide bonds. The van der Waals surface area contributed by atoms with Crippen LogP contribution in [-0.4, -0.2) is 72.3 Å². The summed E-state index contributed by atoms with van der Waals surface area (Å²) in [5.41, 5.74) is 15.8. The third-order valence-corrected chi connectivity index (χ3v) is 8.64. The molecule has 60 heavy (non-hydrogen) atoms. The molecule has 0 aromatic heterocycles. The van der Waals surface area contributed by atoms with E-state index in [9.17, 15) is 30.1 Å². The summed E-state index contributed by atoms with van der Waals surface area (Å²) in [4.78, 5) is 85.1. The predicted octanol–water partition coefficient (Wildman–Crippen LogP) is 4.00. The number of Topliss-reactive ketones (excluding diaryl/α,β-unsaturated/α-hetero) is 1. The Morgan fingerprint density at radius 2 is 1.40 bits per heavy atom. The molecule has 0 spiro atoms. The van der Waals surface area contributed by atoms with Crippen molar-refractivity contribution in [2.45, 2.75) is 103 Å². The third-order valence-electron chi connectivity index (χ3n) is 8.64. The van der Waals surface area contributed by atoms with Crippen molar-refractivity contribution in [2.24, 2.45) is 34.0 Å². The van der Waals surface area contributed by atoms with Crippen LogP contribution in [0.3, 0.4) is 0 Å². The summed E-state index contributed by atoms with van der Waals surface area (Å²) in [5, 5.41) is 7.62. The van der Waals surface area contributed by atoms with Gasteiger partial charge in [-0.1, -0.05) is 90.9 Å². The summed E-state index contributed by atoms with van der Waals surface area (Å²) >= 11 is 0. The van der Waals surface area contributed by atoms with E-state index in [1.165, 1.54) is 20.8 Å². The van der Waals surface area contributed by atoms with Gasteiger partial charge in [-0.2, -0.15) is 0 Å². The molecular weight excluding hydrogens is 767 g/mol. The minimum atomic E-state index is -3.52. The second-order valence-electron chi connectivity index (χ2n) is 14.8. The first-order chi connectivity index (χ1) is 31.8. The van der Waals surface area contributed by atoms with E-state index in [0.29, 0.717) is 18.4 Å². The number of alkyl carbamates (subject to hydrolysis) is 1.